The third kappa shape index (κ3) is 1.51. The minimum absolute atomic E-state index is 0.309. The second-order valence-electron chi connectivity index (χ2n) is 3.97. The van der Waals surface area contributed by atoms with Crippen molar-refractivity contribution in [1.29, 1.82) is 0 Å². The number of ketones is 1. The summed E-state index contributed by atoms with van der Waals surface area (Å²) in [5.41, 5.74) is 0.896. The second kappa shape index (κ2) is 3.20. The summed E-state index contributed by atoms with van der Waals surface area (Å²) in [6.45, 7) is 0. The molecule has 0 unspecified atom stereocenters. The summed E-state index contributed by atoms with van der Waals surface area (Å²) in [6.07, 6.45) is 1.28. The summed E-state index contributed by atoms with van der Waals surface area (Å²) in [7, 11) is 0. The van der Waals surface area contributed by atoms with Gasteiger partial charge in [0.05, 0.1) is 0 Å². The molecule has 1 aliphatic rings. The molecule has 0 radical (unpaired) electrons. The van der Waals surface area contributed by atoms with Crippen LogP contribution in [0.3, 0.4) is 0 Å². The number of Topliss-reactive ketones (excluding diaryl/α,β-unsaturated/α-hetero) is 1. The Morgan fingerprint density at radius 1 is 1.27 bits per heavy atom. The first-order chi connectivity index (χ1) is 7.22. The van der Waals surface area contributed by atoms with Gasteiger partial charge in [0.25, 0.3) is 0 Å². The summed E-state index contributed by atoms with van der Waals surface area (Å²) < 4.78 is 6.75. The molecular formula is C12H9BrO2. The number of hydrogen-bond acceptors (Lipinski definition) is 2. The van der Waals surface area contributed by atoms with E-state index in [-0.39, 0.29) is 0 Å². The molecule has 2 nitrogen and oxygen atoms in total. The number of carbonyl (C=O) groups excluding carboxylic acids is 1. The van der Waals surface area contributed by atoms with Crippen molar-refractivity contribution in [2.24, 2.45) is 0 Å². The van der Waals surface area contributed by atoms with Gasteiger partial charge in [0.1, 0.15) is 17.1 Å². The van der Waals surface area contributed by atoms with Gasteiger partial charge >= 0.3 is 0 Å². The topological polar surface area (TPSA) is 30.2 Å². The molecule has 1 saturated carbocycles. The van der Waals surface area contributed by atoms with Crippen LogP contribution in [-0.2, 0) is 4.79 Å². The van der Waals surface area contributed by atoms with E-state index in [0.717, 1.165) is 21.2 Å². The predicted molar refractivity (Wildman–Crippen MR) is 60.9 cm³/mol. The van der Waals surface area contributed by atoms with Gasteiger partial charge in [-0.3, -0.25) is 4.79 Å². The fraction of sp³-hybridized carbons (Fsp3) is 0.250. The molecule has 3 rings (SSSR count). The normalized spacial score (nSPS) is 17.0. The Morgan fingerprint density at radius 2 is 2.07 bits per heavy atom. The summed E-state index contributed by atoms with van der Waals surface area (Å²) in [4.78, 5) is 10.9. The molecule has 3 heteroatoms. The number of benzene rings is 1. The quantitative estimate of drug-likeness (QED) is 0.787. The Kier molecular flexibility index (Phi) is 1.96. The molecule has 0 N–H and O–H groups in total. The zero-order valence-electron chi connectivity index (χ0n) is 8.00. The van der Waals surface area contributed by atoms with Crippen molar-refractivity contribution in [2.45, 2.75) is 18.8 Å². The van der Waals surface area contributed by atoms with Gasteiger partial charge in [0.15, 0.2) is 0 Å². The number of carbonyl (C=O) groups is 1. The lowest BCUT2D eigenvalue weighted by atomic mass is 9.82. The first-order valence-corrected chi connectivity index (χ1v) is 5.72. The van der Waals surface area contributed by atoms with Crippen LogP contribution in [0.5, 0.6) is 0 Å². The van der Waals surface area contributed by atoms with Gasteiger partial charge in [0.2, 0.25) is 0 Å². The van der Waals surface area contributed by atoms with Crippen molar-refractivity contribution in [3.05, 3.63) is 34.5 Å². The van der Waals surface area contributed by atoms with Crippen LogP contribution in [0, 0.1) is 0 Å². The van der Waals surface area contributed by atoms with Crippen LogP contribution >= 0.6 is 15.9 Å². The Labute approximate surface area is 95.4 Å². The van der Waals surface area contributed by atoms with E-state index in [0.29, 0.717) is 24.5 Å². The maximum atomic E-state index is 10.9. The van der Waals surface area contributed by atoms with Gasteiger partial charge < -0.3 is 4.42 Å². The third-order valence-corrected chi connectivity index (χ3v) is 3.34. The summed E-state index contributed by atoms with van der Waals surface area (Å²) >= 11 is 3.42. The SMILES string of the molecule is O=C1CC(c2cc3cc(Br)ccc3o2)C1. The van der Waals surface area contributed by atoms with E-state index in [1.165, 1.54) is 0 Å². The van der Waals surface area contributed by atoms with Crippen molar-refractivity contribution in [1.82, 2.24) is 0 Å². The lowest BCUT2D eigenvalue weighted by Crippen LogP contribution is -2.20. The van der Waals surface area contributed by atoms with Gasteiger partial charge in [-0.15, -0.1) is 0 Å². The highest BCUT2D eigenvalue weighted by molar-refractivity contribution is 9.10. The van der Waals surface area contributed by atoms with Crippen LogP contribution in [0.2, 0.25) is 0 Å². The van der Waals surface area contributed by atoms with Gasteiger partial charge in [-0.1, -0.05) is 15.9 Å². The first kappa shape index (κ1) is 9.16. The van der Waals surface area contributed by atoms with E-state index in [4.69, 9.17) is 4.42 Å². The van der Waals surface area contributed by atoms with E-state index >= 15 is 0 Å². The zero-order valence-corrected chi connectivity index (χ0v) is 9.58. The summed E-state index contributed by atoms with van der Waals surface area (Å²) in [5.74, 6) is 1.59. The van der Waals surface area contributed by atoms with E-state index in [9.17, 15) is 4.79 Å². The van der Waals surface area contributed by atoms with Crippen molar-refractivity contribution in [2.75, 3.05) is 0 Å². The number of furan rings is 1. The number of fused-ring (bicyclic) bond motifs is 1. The van der Waals surface area contributed by atoms with Crippen LogP contribution in [0.1, 0.15) is 24.5 Å². The van der Waals surface area contributed by atoms with Gasteiger partial charge in [-0.05, 0) is 24.3 Å². The Morgan fingerprint density at radius 3 is 2.80 bits per heavy atom. The molecule has 0 saturated heterocycles. The van der Waals surface area contributed by atoms with Gasteiger partial charge in [0, 0.05) is 28.6 Å². The highest BCUT2D eigenvalue weighted by Gasteiger charge is 2.30. The van der Waals surface area contributed by atoms with Gasteiger partial charge in [-0.2, -0.15) is 0 Å². The molecule has 2 aromatic rings. The van der Waals surface area contributed by atoms with E-state index in [2.05, 4.69) is 15.9 Å². The molecule has 0 spiro atoms. The minimum Gasteiger partial charge on any atom is -0.461 e. The van der Waals surface area contributed by atoms with Crippen molar-refractivity contribution in [3.8, 4) is 0 Å². The zero-order chi connectivity index (χ0) is 10.4. The standard InChI is InChI=1S/C12H9BrO2/c13-9-1-2-11-7(3-9)6-12(15-11)8-4-10(14)5-8/h1-3,6,8H,4-5H2. The van der Waals surface area contributed by atoms with Crippen molar-refractivity contribution < 1.29 is 9.21 Å². The van der Waals surface area contributed by atoms with E-state index in [1.807, 2.05) is 24.3 Å². The molecule has 0 atom stereocenters. The Balaban J connectivity index is 2.03. The molecule has 1 aromatic heterocycles. The number of halogens is 1. The fourth-order valence-electron chi connectivity index (χ4n) is 1.93. The molecule has 0 amide bonds. The third-order valence-electron chi connectivity index (χ3n) is 2.85. The summed E-state index contributed by atoms with van der Waals surface area (Å²) in [5, 5.41) is 1.10. The highest BCUT2D eigenvalue weighted by Crippen LogP contribution is 2.37. The van der Waals surface area contributed by atoms with E-state index in [1.54, 1.807) is 0 Å². The van der Waals surface area contributed by atoms with Crippen LogP contribution in [-0.4, -0.2) is 5.78 Å². The molecule has 76 valence electrons. The highest BCUT2D eigenvalue weighted by atomic mass is 79.9. The summed E-state index contributed by atoms with van der Waals surface area (Å²) in [6, 6.07) is 7.98. The average Bonchev–Trinajstić information content (AvgIpc) is 2.55. The largest absolute Gasteiger partial charge is 0.461 e. The smallest absolute Gasteiger partial charge is 0.134 e. The molecule has 1 aromatic carbocycles. The number of rotatable bonds is 1. The van der Waals surface area contributed by atoms with Crippen LogP contribution in [0.15, 0.2) is 33.2 Å². The van der Waals surface area contributed by atoms with Crippen LogP contribution in [0.4, 0.5) is 0 Å². The van der Waals surface area contributed by atoms with E-state index < -0.39 is 0 Å². The lowest BCUT2D eigenvalue weighted by molar-refractivity contribution is -0.125. The monoisotopic (exact) mass is 264 g/mol. The van der Waals surface area contributed by atoms with Crippen LogP contribution < -0.4 is 0 Å². The fourth-order valence-corrected chi connectivity index (χ4v) is 2.31. The molecule has 1 heterocycles. The molecule has 0 aliphatic heterocycles. The number of hydrogen-bond donors (Lipinski definition) is 0. The molecule has 1 aliphatic carbocycles. The first-order valence-electron chi connectivity index (χ1n) is 4.93. The van der Waals surface area contributed by atoms with Crippen molar-refractivity contribution >= 4 is 32.7 Å². The van der Waals surface area contributed by atoms with Gasteiger partial charge in [-0.25, -0.2) is 0 Å². The molecular weight excluding hydrogens is 256 g/mol. The maximum absolute atomic E-state index is 10.9. The maximum Gasteiger partial charge on any atom is 0.134 e. The lowest BCUT2D eigenvalue weighted by Gasteiger charge is -2.21. The molecule has 15 heavy (non-hydrogen) atoms. The van der Waals surface area contributed by atoms with Crippen molar-refractivity contribution in [3.63, 3.8) is 0 Å². The minimum atomic E-state index is 0.309. The second-order valence-corrected chi connectivity index (χ2v) is 4.89. The Bertz CT molecular complexity index is 534. The predicted octanol–water partition coefficient (Wildman–Crippen LogP) is 3.64. The average molecular weight is 265 g/mol. The van der Waals surface area contributed by atoms with Crippen LogP contribution in [0.25, 0.3) is 11.0 Å². The molecule has 1 fully saturated rings. The molecule has 0 bridgehead atoms. The Hall–Kier alpha value is -1.09.